The van der Waals surface area contributed by atoms with Crippen LogP contribution in [0.4, 0.5) is 0 Å². The minimum absolute atomic E-state index is 0.0179. The number of amides is 1. The van der Waals surface area contributed by atoms with Crippen molar-refractivity contribution >= 4 is 5.91 Å². The van der Waals surface area contributed by atoms with E-state index in [9.17, 15) is 4.79 Å². The lowest BCUT2D eigenvalue weighted by Crippen LogP contribution is -2.48. The van der Waals surface area contributed by atoms with Crippen LogP contribution in [0.2, 0.25) is 0 Å². The van der Waals surface area contributed by atoms with E-state index >= 15 is 0 Å². The standard InChI is InChI=1S/C10H18N2O/c1-8(2)5-7-11-9-4-3-6-12-10(9)13/h5,9,11H,3-4,6-7H2,1-2H3,(H,12,13). The Morgan fingerprint density at radius 3 is 3.08 bits per heavy atom. The number of piperidine rings is 1. The van der Waals surface area contributed by atoms with E-state index in [1.54, 1.807) is 0 Å². The highest BCUT2D eigenvalue weighted by Gasteiger charge is 2.20. The number of hydrogen-bond acceptors (Lipinski definition) is 2. The van der Waals surface area contributed by atoms with Crippen molar-refractivity contribution in [3.8, 4) is 0 Å². The van der Waals surface area contributed by atoms with E-state index in [-0.39, 0.29) is 11.9 Å². The van der Waals surface area contributed by atoms with Gasteiger partial charge in [0.25, 0.3) is 0 Å². The van der Waals surface area contributed by atoms with Crippen LogP contribution in [0.5, 0.6) is 0 Å². The lowest BCUT2D eigenvalue weighted by atomic mass is 10.1. The molecule has 2 N–H and O–H groups in total. The van der Waals surface area contributed by atoms with Gasteiger partial charge in [0.15, 0.2) is 0 Å². The van der Waals surface area contributed by atoms with Crippen molar-refractivity contribution < 1.29 is 4.79 Å². The molecule has 0 aromatic carbocycles. The molecule has 1 aliphatic rings. The first kappa shape index (κ1) is 10.3. The number of hydrogen-bond donors (Lipinski definition) is 2. The van der Waals surface area contributed by atoms with Crippen LogP contribution in [-0.2, 0) is 4.79 Å². The van der Waals surface area contributed by atoms with Gasteiger partial charge in [-0.25, -0.2) is 0 Å². The lowest BCUT2D eigenvalue weighted by molar-refractivity contribution is -0.124. The number of nitrogens with one attached hydrogen (secondary N) is 2. The van der Waals surface area contributed by atoms with Crippen LogP contribution in [0.15, 0.2) is 11.6 Å². The van der Waals surface area contributed by atoms with Crippen molar-refractivity contribution in [2.75, 3.05) is 13.1 Å². The van der Waals surface area contributed by atoms with Crippen LogP contribution < -0.4 is 10.6 Å². The third-order valence-electron chi connectivity index (χ3n) is 2.16. The summed E-state index contributed by atoms with van der Waals surface area (Å²) >= 11 is 0. The van der Waals surface area contributed by atoms with Gasteiger partial charge in [0.05, 0.1) is 6.04 Å². The average molecular weight is 182 g/mol. The van der Waals surface area contributed by atoms with E-state index in [4.69, 9.17) is 0 Å². The maximum absolute atomic E-state index is 11.3. The Morgan fingerprint density at radius 1 is 1.69 bits per heavy atom. The third-order valence-corrected chi connectivity index (χ3v) is 2.16. The minimum Gasteiger partial charge on any atom is -0.355 e. The zero-order valence-electron chi connectivity index (χ0n) is 8.39. The number of allylic oxidation sites excluding steroid dienone is 1. The molecule has 13 heavy (non-hydrogen) atoms. The van der Waals surface area contributed by atoms with Gasteiger partial charge in [-0.1, -0.05) is 11.6 Å². The van der Waals surface area contributed by atoms with Crippen LogP contribution in [0.3, 0.4) is 0 Å². The summed E-state index contributed by atoms with van der Waals surface area (Å²) in [6.45, 7) is 5.74. The molecule has 1 heterocycles. The average Bonchev–Trinajstić information content (AvgIpc) is 2.08. The Hall–Kier alpha value is -0.830. The number of carbonyl (C=O) groups excluding carboxylic acids is 1. The second-order valence-electron chi connectivity index (χ2n) is 3.68. The zero-order valence-corrected chi connectivity index (χ0v) is 8.39. The summed E-state index contributed by atoms with van der Waals surface area (Å²) in [5.74, 6) is 0.147. The fourth-order valence-corrected chi connectivity index (χ4v) is 1.37. The topological polar surface area (TPSA) is 41.1 Å². The van der Waals surface area contributed by atoms with Gasteiger partial charge in [-0.2, -0.15) is 0 Å². The van der Waals surface area contributed by atoms with Crippen LogP contribution in [-0.4, -0.2) is 25.0 Å². The molecule has 1 unspecified atom stereocenters. The molecule has 1 rings (SSSR count). The van der Waals surface area contributed by atoms with Crippen LogP contribution in [0, 0.1) is 0 Å². The van der Waals surface area contributed by atoms with Gasteiger partial charge in [-0.05, 0) is 26.7 Å². The van der Waals surface area contributed by atoms with Crippen molar-refractivity contribution in [2.24, 2.45) is 0 Å². The van der Waals surface area contributed by atoms with Gasteiger partial charge in [0.1, 0.15) is 0 Å². The molecule has 74 valence electrons. The van der Waals surface area contributed by atoms with Crippen molar-refractivity contribution in [3.63, 3.8) is 0 Å². The van der Waals surface area contributed by atoms with Gasteiger partial charge in [-0.3, -0.25) is 4.79 Å². The Kier molecular flexibility index (Phi) is 3.96. The van der Waals surface area contributed by atoms with E-state index in [0.717, 1.165) is 25.9 Å². The van der Waals surface area contributed by atoms with Crippen LogP contribution in [0.25, 0.3) is 0 Å². The van der Waals surface area contributed by atoms with Crippen molar-refractivity contribution in [3.05, 3.63) is 11.6 Å². The molecule has 3 heteroatoms. The van der Waals surface area contributed by atoms with Crippen LogP contribution >= 0.6 is 0 Å². The molecule has 1 fully saturated rings. The fraction of sp³-hybridized carbons (Fsp3) is 0.700. The summed E-state index contributed by atoms with van der Waals surface area (Å²) in [5.41, 5.74) is 1.28. The normalized spacial score (nSPS) is 22.3. The van der Waals surface area contributed by atoms with Gasteiger partial charge >= 0.3 is 0 Å². The smallest absolute Gasteiger partial charge is 0.237 e. The van der Waals surface area contributed by atoms with E-state index in [1.807, 2.05) is 0 Å². The highest BCUT2D eigenvalue weighted by atomic mass is 16.2. The Morgan fingerprint density at radius 2 is 2.46 bits per heavy atom. The zero-order chi connectivity index (χ0) is 9.68. The quantitative estimate of drug-likeness (QED) is 0.634. The summed E-state index contributed by atoms with van der Waals surface area (Å²) in [5, 5.41) is 6.06. The predicted molar refractivity (Wildman–Crippen MR) is 53.5 cm³/mol. The molecule has 0 aliphatic carbocycles. The van der Waals surface area contributed by atoms with Gasteiger partial charge in [0.2, 0.25) is 5.91 Å². The molecule has 3 nitrogen and oxygen atoms in total. The molecule has 0 aromatic heterocycles. The molecule has 1 atom stereocenters. The molecule has 0 spiro atoms. The van der Waals surface area contributed by atoms with Crippen molar-refractivity contribution in [1.82, 2.24) is 10.6 Å². The Balaban J connectivity index is 2.27. The molecular weight excluding hydrogens is 164 g/mol. The third kappa shape index (κ3) is 3.59. The summed E-state index contributed by atoms with van der Waals surface area (Å²) in [4.78, 5) is 11.3. The fourth-order valence-electron chi connectivity index (χ4n) is 1.37. The monoisotopic (exact) mass is 182 g/mol. The first-order valence-corrected chi connectivity index (χ1v) is 4.84. The Labute approximate surface area is 79.6 Å². The SMILES string of the molecule is CC(C)=CCNC1CCCNC1=O. The van der Waals surface area contributed by atoms with Crippen molar-refractivity contribution in [1.29, 1.82) is 0 Å². The maximum atomic E-state index is 11.3. The van der Waals surface area contributed by atoms with E-state index in [2.05, 4.69) is 30.6 Å². The van der Waals surface area contributed by atoms with Crippen LogP contribution in [0.1, 0.15) is 26.7 Å². The van der Waals surface area contributed by atoms with Gasteiger partial charge in [-0.15, -0.1) is 0 Å². The molecule has 1 amide bonds. The molecule has 1 saturated heterocycles. The maximum Gasteiger partial charge on any atom is 0.237 e. The lowest BCUT2D eigenvalue weighted by Gasteiger charge is -2.22. The van der Waals surface area contributed by atoms with Gasteiger partial charge < -0.3 is 10.6 Å². The van der Waals surface area contributed by atoms with E-state index in [0.29, 0.717) is 0 Å². The summed E-state index contributed by atoms with van der Waals surface area (Å²) < 4.78 is 0. The molecule has 0 bridgehead atoms. The summed E-state index contributed by atoms with van der Waals surface area (Å²) in [6, 6.07) is 0.0179. The number of rotatable bonds is 3. The molecular formula is C10H18N2O. The first-order valence-electron chi connectivity index (χ1n) is 4.84. The first-order chi connectivity index (χ1) is 6.20. The van der Waals surface area contributed by atoms with E-state index in [1.165, 1.54) is 5.57 Å². The molecule has 0 radical (unpaired) electrons. The second-order valence-corrected chi connectivity index (χ2v) is 3.68. The van der Waals surface area contributed by atoms with Crippen molar-refractivity contribution in [2.45, 2.75) is 32.7 Å². The van der Waals surface area contributed by atoms with Gasteiger partial charge in [0, 0.05) is 13.1 Å². The highest BCUT2D eigenvalue weighted by Crippen LogP contribution is 2.02. The van der Waals surface area contributed by atoms with E-state index < -0.39 is 0 Å². The Bertz CT molecular complexity index is 207. The predicted octanol–water partition coefficient (Wildman–Crippen LogP) is 0.821. The highest BCUT2D eigenvalue weighted by molar-refractivity contribution is 5.82. The second kappa shape index (κ2) is 5.02. The summed E-state index contributed by atoms with van der Waals surface area (Å²) in [7, 11) is 0. The number of carbonyl (C=O) groups is 1. The molecule has 0 saturated carbocycles. The summed E-state index contributed by atoms with van der Waals surface area (Å²) in [6.07, 6.45) is 4.14. The largest absolute Gasteiger partial charge is 0.355 e. The molecule has 1 aliphatic heterocycles. The molecule has 0 aromatic rings. The minimum atomic E-state index is 0.0179.